The van der Waals surface area contributed by atoms with Crippen LogP contribution in [0, 0.1) is 0 Å². The van der Waals surface area contributed by atoms with Gasteiger partial charge in [0.1, 0.15) is 11.4 Å². The number of aromatic nitrogens is 1. The lowest BCUT2D eigenvalue weighted by Crippen LogP contribution is -2.21. The Kier molecular flexibility index (Phi) is 8.78. The van der Waals surface area contributed by atoms with Crippen molar-refractivity contribution >= 4 is 33.5 Å². The number of aliphatic carboxylic acids is 1. The molecule has 35 heavy (non-hydrogen) atoms. The zero-order valence-corrected chi connectivity index (χ0v) is 18.9. The van der Waals surface area contributed by atoms with Gasteiger partial charge in [0.15, 0.2) is 0 Å². The number of carbonyl (C=O) groups is 2. The molecule has 186 valence electrons. The summed E-state index contributed by atoms with van der Waals surface area (Å²) >= 11 is 0. The number of hydrogen-bond donors (Lipinski definition) is 3. The van der Waals surface area contributed by atoms with Crippen LogP contribution in [0.25, 0.3) is 0 Å². The summed E-state index contributed by atoms with van der Waals surface area (Å²) in [7, 11) is -2.10. The van der Waals surface area contributed by atoms with Gasteiger partial charge in [-0.05, 0) is 23.8 Å². The SMILES string of the molecule is CN(Cc1ccccc1)c1ncc(NS(=O)(=O)c2ccccc2)cc1C(=O)O.O=C(O)C(F)(F)F. The fraction of sp³-hybridized carbons (Fsp3) is 0.136. The van der Waals surface area contributed by atoms with Gasteiger partial charge in [0, 0.05) is 13.6 Å². The number of carboxylic acid groups (broad SMARTS) is 2. The second-order valence-electron chi connectivity index (χ2n) is 6.96. The summed E-state index contributed by atoms with van der Waals surface area (Å²) < 4.78 is 59.0. The fourth-order valence-corrected chi connectivity index (χ4v) is 3.78. The second kappa shape index (κ2) is 11.3. The quantitative estimate of drug-likeness (QED) is 0.435. The van der Waals surface area contributed by atoms with Gasteiger partial charge in [-0.3, -0.25) is 4.72 Å². The van der Waals surface area contributed by atoms with Crippen LogP contribution in [0.3, 0.4) is 0 Å². The molecule has 3 rings (SSSR count). The van der Waals surface area contributed by atoms with E-state index in [9.17, 15) is 31.5 Å². The maximum atomic E-state index is 12.4. The van der Waals surface area contributed by atoms with Crippen molar-refractivity contribution in [2.24, 2.45) is 0 Å². The molecule has 2 aromatic carbocycles. The Labute approximate surface area is 198 Å². The van der Waals surface area contributed by atoms with Crippen molar-refractivity contribution in [3.63, 3.8) is 0 Å². The molecule has 1 heterocycles. The number of rotatable bonds is 7. The van der Waals surface area contributed by atoms with Gasteiger partial charge in [0.2, 0.25) is 0 Å². The first-order valence-electron chi connectivity index (χ1n) is 9.67. The van der Waals surface area contributed by atoms with Gasteiger partial charge in [0.25, 0.3) is 10.0 Å². The van der Waals surface area contributed by atoms with E-state index in [-0.39, 0.29) is 22.0 Å². The number of hydrogen-bond acceptors (Lipinski definition) is 6. The lowest BCUT2D eigenvalue weighted by Gasteiger charge is -2.20. The number of halogens is 3. The number of aromatic carboxylic acids is 1. The standard InChI is InChI=1S/C20H19N3O4S.C2HF3O2/c1-23(14-15-8-4-2-5-9-15)19-18(20(24)25)12-16(13-21-19)22-28(26,27)17-10-6-3-7-11-17;3-2(4,5)1(6)7/h2-13,22H,14H2,1H3,(H,24,25);(H,6,7). The molecule has 3 N–H and O–H groups in total. The molecule has 0 saturated carbocycles. The Morgan fingerprint density at radius 1 is 1.00 bits per heavy atom. The molecule has 0 aliphatic heterocycles. The van der Waals surface area contributed by atoms with Crippen LogP contribution in [0.2, 0.25) is 0 Å². The number of anilines is 2. The highest BCUT2D eigenvalue weighted by Crippen LogP contribution is 2.24. The number of sulfonamides is 1. The van der Waals surface area contributed by atoms with Gasteiger partial charge >= 0.3 is 18.1 Å². The van der Waals surface area contributed by atoms with Crippen LogP contribution in [0.15, 0.2) is 77.8 Å². The molecule has 0 radical (unpaired) electrons. The van der Waals surface area contributed by atoms with Gasteiger partial charge in [0.05, 0.1) is 16.8 Å². The highest BCUT2D eigenvalue weighted by molar-refractivity contribution is 7.92. The van der Waals surface area contributed by atoms with Gasteiger partial charge in [-0.1, -0.05) is 48.5 Å². The Bertz CT molecular complexity index is 1270. The van der Waals surface area contributed by atoms with Crippen molar-refractivity contribution in [2.45, 2.75) is 17.6 Å². The fourth-order valence-electron chi connectivity index (χ4n) is 2.72. The van der Waals surface area contributed by atoms with E-state index >= 15 is 0 Å². The van der Waals surface area contributed by atoms with Crippen molar-refractivity contribution in [3.8, 4) is 0 Å². The molecule has 0 saturated heterocycles. The van der Waals surface area contributed by atoms with E-state index in [1.807, 2.05) is 30.3 Å². The smallest absolute Gasteiger partial charge is 0.478 e. The molecule has 0 spiro atoms. The molecule has 0 atom stereocenters. The zero-order valence-electron chi connectivity index (χ0n) is 18.1. The normalized spacial score (nSPS) is 11.1. The molecule has 0 aliphatic carbocycles. The maximum absolute atomic E-state index is 12.4. The molecule has 9 nitrogen and oxygen atoms in total. The zero-order chi connectivity index (χ0) is 26.2. The van der Waals surface area contributed by atoms with Crippen LogP contribution in [0.4, 0.5) is 24.7 Å². The van der Waals surface area contributed by atoms with Crippen LogP contribution < -0.4 is 9.62 Å². The summed E-state index contributed by atoms with van der Waals surface area (Å²) in [4.78, 5) is 26.6. The average molecular weight is 511 g/mol. The monoisotopic (exact) mass is 511 g/mol. The average Bonchev–Trinajstić information content (AvgIpc) is 2.79. The van der Waals surface area contributed by atoms with E-state index in [0.717, 1.165) is 5.56 Å². The Hall–Kier alpha value is -4.13. The van der Waals surface area contributed by atoms with E-state index in [4.69, 9.17) is 9.90 Å². The predicted molar refractivity (Wildman–Crippen MR) is 121 cm³/mol. The van der Waals surface area contributed by atoms with Crippen LogP contribution >= 0.6 is 0 Å². The first-order valence-corrected chi connectivity index (χ1v) is 11.2. The van der Waals surface area contributed by atoms with Crippen LogP contribution in [0.5, 0.6) is 0 Å². The number of pyridine rings is 1. The minimum absolute atomic E-state index is 0.0807. The number of benzene rings is 2. The van der Waals surface area contributed by atoms with Crippen molar-refractivity contribution < 1.29 is 41.4 Å². The summed E-state index contributed by atoms with van der Waals surface area (Å²) in [5.74, 6) is -3.70. The number of alkyl halides is 3. The number of carboxylic acids is 2. The minimum Gasteiger partial charge on any atom is -0.478 e. The lowest BCUT2D eigenvalue weighted by atomic mass is 10.2. The van der Waals surface area contributed by atoms with E-state index in [1.165, 1.54) is 24.4 Å². The highest BCUT2D eigenvalue weighted by Gasteiger charge is 2.38. The summed E-state index contributed by atoms with van der Waals surface area (Å²) in [6.45, 7) is 0.462. The van der Waals surface area contributed by atoms with Crippen molar-refractivity contribution in [2.75, 3.05) is 16.7 Å². The van der Waals surface area contributed by atoms with Crippen molar-refractivity contribution in [1.29, 1.82) is 0 Å². The van der Waals surface area contributed by atoms with Crippen LogP contribution in [-0.2, 0) is 21.4 Å². The second-order valence-corrected chi connectivity index (χ2v) is 8.65. The predicted octanol–water partition coefficient (Wildman–Crippen LogP) is 3.85. The summed E-state index contributed by atoms with van der Waals surface area (Å²) in [6.07, 6.45) is -3.77. The molecule has 0 aliphatic rings. The molecule has 0 amide bonds. The first kappa shape index (κ1) is 27.1. The molecule has 0 unspecified atom stereocenters. The molecule has 13 heteroatoms. The summed E-state index contributed by atoms with van der Waals surface area (Å²) in [6, 6.07) is 18.7. The molecular weight excluding hydrogens is 491 g/mol. The molecule has 0 bridgehead atoms. The summed E-state index contributed by atoms with van der Waals surface area (Å²) in [5.41, 5.74) is 0.988. The Morgan fingerprint density at radius 2 is 1.51 bits per heavy atom. The number of nitrogens with one attached hydrogen (secondary N) is 1. The number of nitrogens with zero attached hydrogens (tertiary/aromatic N) is 2. The molecule has 3 aromatic rings. The van der Waals surface area contributed by atoms with Gasteiger partial charge in [-0.25, -0.2) is 23.0 Å². The molecule has 1 aromatic heterocycles. The van der Waals surface area contributed by atoms with Crippen LogP contribution in [-0.4, -0.2) is 48.8 Å². The van der Waals surface area contributed by atoms with Gasteiger partial charge in [-0.2, -0.15) is 13.2 Å². The topological polar surface area (TPSA) is 137 Å². The van der Waals surface area contributed by atoms with Crippen molar-refractivity contribution in [1.82, 2.24) is 4.98 Å². The van der Waals surface area contributed by atoms with Crippen LogP contribution in [0.1, 0.15) is 15.9 Å². The Balaban J connectivity index is 0.000000540. The lowest BCUT2D eigenvalue weighted by molar-refractivity contribution is -0.192. The highest BCUT2D eigenvalue weighted by atomic mass is 32.2. The third-order valence-corrected chi connectivity index (χ3v) is 5.67. The van der Waals surface area contributed by atoms with E-state index in [1.54, 1.807) is 30.1 Å². The summed E-state index contributed by atoms with van der Waals surface area (Å²) in [5, 5.41) is 16.7. The van der Waals surface area contributed by atoms with E-state index < -0.39 is 28.1 Å². The minimum atomic E-state index is -5.08. The van der Waals surface area contributed by atoms with Gasteiger partial charge < -0.3 is 15.1 Å². The van der Waals surface area contributed by atoms with Gasteiger partial charge in [-0.15, -0.1) is 0 Å². The van der Waals surface area contributed by atoms with E-state index in [0.29, 0.717) is 6.54 Å². The molecular formula is C22H20F3N3O6S. The maximum Gasteiger partial charge on any atom is 0.490 e. The van der Waals surface area contributed by atoms with E-state index in [2.05, 4.69) is 9.71 Å². The third kappa shape index (κ3) is 7.99. The van der Waals surface area contributed by atoms with Crippen molar-refractivity contribution in [3.05, 3.63) is 84.1 Å². The third-order valence-electron chi connectivity index (χ3n) is 4.27. The molecule has 0 fully saturated rings. The largest absolute Gasteiger partial charge is 0.490 e. The Morgan fingerprint density at radius 3 is 2.00 bits per heavy atom. The first-order chi connectivity index (χ1) is 16.3.